The summed E-state index contributed by atoms with van der Waals surface area (Å²) in [5.74, 6) is 7.55. The SMILES string of the molecule is COc1ccc(-c2cc(-c3nnc(SCC(=O)c4ccc(Br)cc4)n3N)[nH]n2)cc1. The van der Waals surface area contributed by atoms with Gasteiger partial charge in [0.15, 0.2) is 5.78 Å². The lowest BCUT2D eigenvalue weighted by atomic mass is 10.1. The van der Waals surface area contributed by atoms with Crippen molar-refractivity contribution < 1.29 is 9.53 Å². The monoisotopic (exact) mass is 484 g/mol. The van der Waals surface area contributed by atoms with Crippen LogP contribution < -0.4 is 10.6 Å². The third-order valence-corrected chi connectivity index (χ3v) is 5.84. The van der Waals surface area contributed by atoms with E-state index in [-0.39, 0.29) is 11.5 Å². The first-order valence-electron chi connectivity index (χ1n) is 8.87. The Morgan fingerprint density at radius 2 is 1.90 bits per heavy atom. The van der Waals surface area contributed by atoms with Gasteiger partial charge in [-0.1, -0.05) is 39.8 Å². The molecule has 0 aliphatic heterocycles. The average molecular weight is 485 g/mol. The van der Waals surface area contributed by atoms with Gasteiger partial charge in [0.2, 0.25) is 11.0 Å². The number of Topliss-reactive ketones (excluding diaryl/α,β-unsaturated/α-hetero) is 1. The highest BCUT2D eigenvalue weighted by Gasteiger charge is 2.17. The number of nitrogen functional groups attached to an aromatic ring is 1. The highest BCUT2D eigenvalue weighted by Crippen LogP contribution is 2.26. The van der Waals surface area contributed by atoms with Crippen molar-refractivity contribution in [2.24, 2.45) is 0 Å². The smallest absolute Gasteiger partial charge is 0.210 e. The second-order valence-corrected chi connectivity index (χ2v) is 8.15. The predicted octanol–water partition coefficient (Wildman–Crippen LogP) is 3.80. The number of ketones is 1. The number of halogens is 1. The lowest BCUT2D eigenvalue weighted by Crippen LogP contribution is -2.13. The number of H-pyrrole nitrogens is 1. The summed E-state index contributed by atoms with van der Waals surface area (Å²) in [5, 5.41) is 15.9. The van der Waals surface area contributed by atoms with E-state index in [4.69, 9.17) is 10.6 Å². The Morgan fingerprint density at radius 3 is 2.60 bits per heavy atom. The zero-order valence-electron chi connectivity index (χ0n) is 15.9. The van der Waals surface area contributed by atoms with E-state index in [2.05, 4.69) is 36.3 Å². The molecule has 4 rings (SSSR count). The van der Waals surface area contributed by atoms with E-state index in [9.17, 15) is 4.79 Å². The van der Waals surface area contributed by atoms with E-state index in [1.165, 1.54) is 16.4 Å². The van der Waals surface area contributed by atoms with E-state index in [0.717, 1.165) is 21.5 Å². The topological polar surface area (TPSA) is 112 Å². The maximum absolute atomic E-state index is 12.4. The number of ether oxygens (including phenoxy) is 1. The van der Waals surface area contributed by atoms with Crippen LogP contribution in [0.2, 0.25) is 0 Å². The first-order valence-corrected chi connectivity index (χ1v) is 10.7. The molecule has 0 saturated carbocycles. The number of rotatable bonds is 7. The van der Waals surface area contributed by atoms with Gasteiger partial charge in [-0.05, 0) is 42.5 Å². The summed E-state index contributed by atoms with van der Waals surface area (Å²) in [6.45, 7) is 0. The molecule has 0 fully saturated rings. The fourth-order valence-electron chi connectivity index (χ4n) is 2.75. The summed E-state index contributed by atoms with van der Waals surface area (Å²) >= 11 is 4.59. The predicted molar refractivity (Wildman–Crippen MR) is 119 cm³/mol. The molecule has 2 heterocycles. The third-order valence-electron chi connectivity index (χ3n) is 4.37. The molecule has 0 spiro atoms. The molecule has 2 aromatic carbocycles. The number of nitrogens with one attached hydrogen (secondary N) is 1. The molecule has 152 valence electrons. The minimum atomic E-state index is -0.0135. The Morgan fingerprint density at radius 1 is 1.17 bits per heavy atom. The first-order chi connectivity index (χ1) is 14.5. The van der Waals surface area contributed by atoms with E-state index in [1.807, 2.05) is 42.5 Å². The van der Waals surface area contributed by atoms with Crippen molar-refractivity contribution >= 4 is 33.5 Å². The summed E-state index contributed by atoms with van der Waals surface area (Å²) < 4.78 is 7.45. The number of thioether (sulfide) groups is 1. The Bertz CT molecular complexity index is 1170. The van der Waals surface area contributed by atoms with E-state index >= 15 is 0 Å². The van der Waals surface area contributed by atoms with Gasteiger partial charge in [-0.2, -0.15) is 5.10 Å². The van der Waals surface area contributed by atoms with Crippen LogP contribution in [0.15, 0.2) is 64.2 Å². The number of nitrogens with two attached hydrogens (primary N) is 1. The summed E-state index contributed by atoms with van der Waals surface area (Å²) in [4.78, 5) is 12.4. The van der Waals surface area contributed by atoms with Crippen LogP contribution >= 0.6 is 27.7 Å². The first kappa shape index (κ1) is 20.2. The van der Waals surface area contributed by atoms with Crippen molar-refractivity contribution in [1.82, 2.24) is 25.1 Å². The van der Waals surface area contributed by atoms with Crippen molar-refractivity contribution in [3.63, 3.8) is 0 Å². The van der Waals surface area contributed by atoms with E-state index < -0.39 is 0 Å². The van der Waals surface area contributed by atoms with Crippen molar-refractivity contribution in [2.45, 2.75) is 5.16 Å². The van der Waals surface area contributed by atoms with Crippen LogP contribution in [0.3, 0.4) is 0 Å². The zero-order valence-corrected chi connectivity index (χ0v) is 18.3. The summed E-state index contributed by atoms with van der Waals surface area (Å²) in [6, 6.07) is 16.6. The third kappa shape index (κ3) is 4.24. The molecule has 0 bridgehead atoms. The fraction of sp³-hybridized carbons (Fsp3) is 0.100. The molecular weight excluding hydrogens is 468 g/mol. The average Bonchev–Trinajstić information content (AvgIpc) is 3.39. The minimum absolute atomic E-state index is 0.0135. The number of hydrogen-bond acceptors (Lipinski definition) is 7. The van der Waals surface area contributed by atoms with Crippen molar-refractivity contribution in [3.05, 3.63) is 64.6 Å². The van der Waals surface area contributed by atoms with Gasteiger partial charge in [0, 0.05) is 15.6 Å². The van der Waals surface area contributed by atoms with Crippen LogP contribution in [0.1, 0.15) is 10.4 Å². The molecule has 2 aromatic heterocycles. The maximum atomic E-state index is 12.4. The lowest BCUT2D eigenvalue weighted by Gasteiger charge is -2.03. The molecule has 30 heavy (non-hydrogen) atoms. The fourth-order valence-corrected chi connectivity index (χ4v) is 3.77. The molecule has 0 amide bonds. The van der Waals surface area contributed by atoms with Gasteiger partial charge < -0.3 is 10.6 Å². The van der Waals surface area contributed by atoms with Crippen LogP contribution in [0, 0.1) is 0 Å². The molecule has 0 aliphatic rings. The van der Waals surface area contributed by atoms with Gasteiger partial charge in [-0.15, -0.1) is 10.2 Å². The minimum Gasteiger partial charge on any atom is -0.497 e. The summed E-state index contributed by atoms with van der Waals surface area (Å²) in [7, 11) is 1.62. The number of benzene rings is 2. The maximum Gasteiger partial charge on any atom is 0.210 e. The standard InChI is InChI=1S/C20H17BrN6O2S/c1-29-15-8-4-12(5-9-15)16-10-17(24-23-16)19-25-26-20(27(19)22)30-11-18(28)13-2-6-14(21)7-3-13/h2-10H,11,22H2,1H3,(H,23,24). The molecule has 0 radical (unpaired) electrons. The summed E-state index contributed by atoms with van der Waals surface area (Å²) in [5.41, 5.74) is 2.93. The number of hydrogen-bond donors (Lipinski definition) is 2. The molecule has 10 heteroatoms. The second kappa shape index (κ2) is 8.72. The van der Waals surface area contributed by atoms with Crippen LogP contribution in [0.25, 0.3) is 22.8 Å². The second-order valence-electron chi connectivity index (χ2n) is 6.29. The van der Waals surface area contributed by atoms with Gasteiger partial charge in [-0.3, -0.25) is 9.89 Å². The number of nitrogens with zero attached hydrogens (tertiary/aromatic N) is 4. The van der Waals surface area contributed by atoms with Gasteiger partial charge in [0.1, 0.15) is 11.4 Å². The zero-order chi connectivity index (χ0) is 21.1. The van der Waals surface area contributed by atoms with Crippen molar-refractivity contribution in [2.75, 3.05) is 18.7 Å². The molecule has 0 saturated heterocycles. The Balaban J connectivity index is 1.47. The molecule has 0 atom stereocenters. The molecule has 8 nitrogen and oxygen atoms in total. The molecular formula is C20H17BrN6O2S. The summed E-state index contributed by atoms with van der Waals surface area (Å²) in [6.07, 6.45) is 0. The highest BCUT2D eigenvalue weighted by molar-refractivity contribution is 9.10. The van der Waals surface area contributed by atoms with Crippen molar-refractivity contribution in [1.29, 1.82) is 0 Å². The van der Waals surface area contributed by atoms with E-state index in [0.29, 0.717) is 22.2 Å². The molecule has 0 unspecified atom stereocenters. The number of carbonyl (C=O) groups excluding carboxylic acids is 1. The number of aromatic amines is 1. The molecule has 0 aliphatic carbocycles. The molecule has 3 N–H and O–H groups in total. The Hall–Kier alpha value is -3.11. The van der Waals surface area contributed by atoms with E-state index in [1.54, 1.807) is 19.2 Å². The van der Waals surface area contributed by atoms with Gasteiger partial charge in [-0.25, -0.2) is 4.68 Å². The van der Waals surface area contributed by atoms with Crippen LogP contribution in [0.5, 0.6) is 5.75 Å². The van der Waals surface area contributed by atoms with Crippen LogP contribution in [-0.2, 0) is 0 Å². The lowest BCUT2D eigenvalue weighted by molar-refractivity contribution is 0.102. The normalized spacial score (nSPS) is 10.9. The number of aromatic nitrogens is 5. The van der Waals surface area contributed by atoms with Gasteiger partial charge >= 0.3 is 0 Å². The van der Waals surface area contributed by atoms with Crippen molar-refractivity contribution in [3.8, 4) is 28.5 Å². The highest BCUT2D eigenvalue weighted by atomic mass is 79.9. The number of carbonyl (C=O) groups is 1. The quantitative estimate of drug-likeness (QED) is 0.233. The largest absolute Gasteiger partial charge is 0.497 e. The van der Waals surface area contributed by atoms with Gasteiger partial charge in [0.05, 0.1) is 18.6 Å². The van der Waals surface area contributed by atoms with Crippen LogP contribution in [-0.4, -0.2) is 43.7 Å². The number of methoxy groups -OCH3 is 1. The molecule has 4 aromatic rings. The Labute approximate surface area is 184 Å². The van der Waals surface area contributed by atoms with Crippen LogP contribution in [0.4, 0.5) is 0 Å². The van der Waals surface area contributed by atoms with Gasteiger partial charge in [0.25, 0.3) is 0 Å². The Kier molecular flexibility index (Phi) is 5.86.